The van der Waals surface area contributed by atoms with Crippen molar-refractivity contribution in [2.24, 2.45) is 0 Å². The van der Waals surface area contributed by atoms with Gasteiger partial charge in [-0.15, -0.1) is 0 Å². The van der Waals surface area contributed by atoms with E-state index in [1.54, 1.807) is 18.2 Å². The maximum absolute atomic E-state index is 13.4. The lowest BCUT2D eigenvalue weighted by atomic mass is 9.91. The van der Waals surface area contributed by atoms with Gasteiger partial charge in [-0.25, -0.2) is 0 Å². The molecule has 0 aromatic heterocycles. The molecule has 36 heavy (non-hydrogen) atoms. The van der Waals surface area contributed by atoms with Crippen LogP contribution in [-0.4, -0.2) is 47.7 Å². The topological polar surface area (TPSA) is 76.1 Å². The number of benzene rings is 3. The fourth-order valence-corrected chi connectivity index (χ4v) is 4.89. The van der Waals surface area contributed by atoms with E-state index >= 15 is 0 Å². The van der Waals surface area contributed by atoms with Crippen LogP contribution in [0.1, 0.15) is 34.0 Å². The first-order valence-corrected chi connectivity index (χ1v) is 12.3. The number of amides is 1. The number of nitrogens with zero attached hydrogens (tertiary/aromatic N) is 1. The van der Waals surface area contributed by atoms with Crippen molar-refractivity contribution in [2.75, 3.05) is 20.2 Å². The van der Waals surface area contributed by atoms with Crippen molar-refractivity contribution in [3.63, 3.8) is 0 Å². The Labute approximate surface area is 220 Å². The van der Waals surface area contributed by atoms with E-state index in [4.69, 9.17) is 32.7 Å². The molecule has 0 radical (unpaired) electrons. The smallest absolute Gasteiger partial charge is 0.323 e. The number of methoxy groups -OCH3 is 1. The molecular formula is C28H27Cl2NO5. The third kappa shape index (κ3) is 6.12. The summed E-state index contributed by atoms with van der Waals surface area (Å²) in [4.78, 5) is 26.3. The maximum atomic E-state index is 13.4. The summed E-state index contributed by atoms with van der Waals surface area (Å²) in [5, 5.41) is 10.7. The molecule has 1 aliphatic rings. The largest absolute Gasteiger partial charge is 0.493 e. The minimum Gasteiger partial charge on any atom is -0.493 e. The lowest BCUT2D eigenvalue weighted by molar-refractivity contribution is -0.137. The van der Waals surface area contributed by atoms with Gasteiger partial charge in [0.15, 0.2) is 11.5 Å². The van der Waals surface area contributed by atoms with Crippen LogP contribution >= 0.6 is 23.2 Å². The Morgan fingerprint density at radius 1 is 1.06 bits per heavy atom. The summed E-state index contributed by atoms with van der Waals surface area (Å²) in [6, 6.07) is 18.3. The quantitative estimate of drug-likeness (QED) is 0.385. The van der Waals surface area contributed by atoms with Gasteiger partial charge in [0.25, 0.3) is 5.91 Å². The monoisotopic (exact) mass is 527 g/mol. The molecule has 0 saturated carbocycles. The van der Waals surface area contributed by atoms with Crippen molar-refractivity contribution >= 4 is 35.1 Å². The molecule has 1 atom stereocenters. The van der Waals surface area contributed by atoms with E-state index in [1.165, 1.54) is 12.0 Å². The Morgan fingerprint density at radius 3 is 2.47 bits per heavy atom. The van der Waals surface area contributed by atoms with Gasteiger partial charge in [0.1, 0.15) is 12.1 Å². The maximum Gasteiger partial charge on any atom is 0.323 e. The molecule has 1 aliphatic heterocycles. The number of carbonyl (C=O) groups excluding carboxylic acids is 1. The Hall–Kier alpha value is -3.22. The van der Waals surface area contributed by atoms with E-state index in [1.807, 2.05) is 49.4 Å². The highest BCUT2D eigenvalue weighted by molar-refractivity contribution is 6.30. The van der Waals surface area contributed by atoms with Crippen molar-refractivity contribution < 1.29 is 24.2 Å². The molecule has 3 aromatic rings. The summed E-state index contributed by atoms with van der Waals surface area (Å²) in [6.07, 6.45) is 1.70. The number of carbonyl (C=O) groups is 2. The number of hydrogen-bond acceptors (Lipinski definition) is 4. The van der Waals surface area contributed by atoms with Crippen molar-refractivity contribution in [1.82, 2.24) is 4.90 Å². The molecule has 0 unspecified atom stereocenters. The second-order valence-corrected chi connectivity index (χ2v) is 10.1. The van der Waals surface area contributed by atoms with Crippen molar-refractivity contribution in [3.05, 3.63) is 93.0 Å². The molecule has 0 bridgehead atoms. The van der Waals surface area contributed by atoms with Gasteiger partial charge in [-0.3, -0.25) is 9.59 Å². The highest BCUT2D eigenvalue weighted by Crippen LogP contribution is 2.44. The molecule has 3 aromatic carbocycles. The minimum atomic E-state index is -1.08. The van der Waals surface area contributed by atoms with Gasteiger partial charge in [0, 0.05) is 40.6 Å². The van der Waals surface area contributed by atoms with Crippen molar-refractivity contribution in [1.29, 1.82) is 0 Å². The normalized spacial score (nSPS) is 16.2. The number of carboxylic acid groups (broad SMARTS) is 1. The van der Waals surface area contributed by atoms with Crippen molar-refractivity contribution in [2.45, 2.75) is 31.8 Å². The zero-order valence-electron chi connectivity index (χ0n) is 20.1. The third-order valence-corrected chi connectivity index (χ3v) is 6.66. The first kappa shape index (κ1) is 25.9. The van der Waals surface area contributed by atoms with Gasteiger partial charge in [-0.05, 0) is 60.9 Å². The van der Waals surface area contributed by atoms with Crippen LogP contribution in [0.5, 0.6) is 11.5 Å². The number of ether oxygens (including phenoxy) is 2. The highest BCUT2D eigenvalue weighted by atomic mass is 35.5. The Morgan fingerprint density at radius 2 is 1.81 bits per heavy atom. The molecule has 6 nitrogen and oxygen atoms in total. The van der Waals surface area contributed by atoms with E-state index in [2.05, 4.69) is 0 Å². The molecule has 0 fully saturated rings. The van der Waals surface area contributed by atoms with Crippen LogP contribution in [0.25, 0.3) is 0 Å². The predicted molar refractivity (Wildman–Crippen MR) is 140 cm³/mol. The van der Waals surface area contributed by atoms with Gasteiger partial charge < -0.3 is 19.5 Å². The minimum absolute atomic E-state index is 0.232. The number of rotatable bonds is 9. The Bertz CT molecular complexity index is 1280. The van der Waals surface area contributed by atoms with E-state index in [0.29, 0.717) is 46.4 Å². The van der Waals surface area contributed by atoms with Crippen molar-refractivity contribution in [3.8, 4) is 11.5 Å². The predicted octanol–water partition coefficient (Wildman–Crippen LogP) is 5.71. The fraction of sp³-hybridized carbons (Fsp3) is 0.286. The summed E-state index contributed by atoms with van der Waals surface area (Å²) >= 11 is 12.1. The molecule has 8 heteroatoms. The lowest BCUT2D eigenvalue weighted by Crippen LogP contribution is -2.37. The van der Waals surface area contributed by atoms with E-state index in [0.717, 1.165) is 16.7 Å². The molecule has 0 saturated heterocycles. The summed E-state index contributed by atoms with van der Waals surface area (Å²) in [7, 11) is 1.52. The van der Waals surface area contributed by atoms with Crippen LogP contribution in [0.3, 0.4) is 0 Å². The van der Waals surface area contributed by atoms with Crippen LogP contribution in [0.4, 0.5) is 0 Å². The fourth-order valence-electron chi connectivity index (χ4n) is 4.55. The number of carboxylic acids is 1. The molecule has 1 amide bonds. The van der Waals surface area contributed by atoms with Gasteiger partial charge in [0.2, 0.25) is 0 Å². The summed E-state index contributed by atoms with van der Waals surface area (Å²) in [5.74, 6) is -0.414. The third-order valence-electron chi connectivity index (χ3n) is 6.18. The average Bonchev–Trinajstić information content (AvgIpc) is 3.17. The molecule has 1 N–H and O–H groups in total. The van der Waals surface area contributed by atoms with Gasteiger partial charge >= 0.3 is 5.97 Å². The molecule has 4 rings (SSSR count). The van der Waals surface area contributed by atoms with Crippen LogP contribution in [-0.2, 0) is 24.1 Å². The number of hydrogen-bond donors (Lipinski definition) is 1. The van der Waals surface area contributed by atoms with Gasteiger partial charge in [0.05, 0.1) is 7.11 Å². The zero-order valence-corrected chi connectivity index (χ0v) is 21.6. The second kappa shape index (κ2) is 10.8. The molecular weight excluding hydrogens is 501 g/mol. The Kier molecular flexibility index (Phi) is 7.76. The SMILES string of the molecule is COc1cc(C(=O)N(CCc2cccc(Cl)c2)CC(=O)O)cc2c1O[C@@](C)(Cc1ccc(Cl)cc1)C2. The number of aliphatic carboxylic acids is 1. The molecule has 1 heterocycles. The summed E-state index contributed by atoms with van der Waals surface area (Å²) in [6.45, 7) is 1.84. The molecule has 188 valence electrons. The number of halogens is 2. The average molecular weight is 528 g/mol. The summed E-state index contributed by atoms with van der Waals surface area (Å²) < 4.78 is 11.9. The zero-order chi connectivity index (χ0) is 25.9. The Balaban J connectivity index is 1.56. The molecule has 0 aliphatic carbocycles. The van der Waals surface area contributed by atoms with Gasteiger partial charge in [-0.2, -0.15) is 0 Å². The molecule has 0 spiro atoms. The highest BCUT2D eigenvalue weighted by Gasteiger charge is 2.38. The van der Waals surface area contributed by atoms with Crippen LogP contribution in [0, 0.1) is 0 Å². The van der Waals surface area contributed by atoms with E-state index in [9.17, 15) is 14.7 Å². The first-order valence-electron chi connectivity index (χ1n) is 11.6. The number of fused-ring (bicyclic) bond motifs is 1. The standard InChI is InChI=1S/C28H27Cl2NO5/c1-28(15-19-6-8-22(29)9-7-19)16-21-13-20(14-24(35-2)26(21)36-28)27(34)31(17-25(32)33)11-10-18-4-3-5-23(30)12-18/h3-9,12-14H,10-11,15-17H2,1-2H3,(H,32,33)/t28-/m0/s1. The van der Waals surface area contributed by atoms with Crippen LogP contribution < -0.4 is 9.47 Å². The summed E-state index contributed by atoms with van der Waals surface area (Å²) in [5.41, 5.74) is 2.68. The second-order valence-electron chi connectivity index (χ2n) is 9.20. The lowest BCUT2D eigenvalue weighted by Gasteiger charge is -2.24. The van der Waals surface area contributed by atoms with Crippen LogP contribution in [0.2, 0.25) is 10.0 Å². The van der Waals surface area contributed by atoms with Gasteiger partial charge in [-0.1, -0.05) is 47.5 Å². The first-order chi connectivity index (χ1) is 17.2. The van der Waals surface area contributed by atoms with E-state index in [-0.39, 0.29) is 12.5 Å². The van der Waals surface area contributed by atoms with Crippen LogP contribution in [0.15, 0.2) is 60.7 Å². The van der Waals surface area contributed by atoms with E-state index < -0.39 is 18.1 Å².